The van der Waals surface area contributed by atoms with Crippen LogP contribution in [-0.2, 0) is 0 Å². The Morgan fingerprint density at radius 3 is 2.96 bits per heavy atom. The second-order valence-electron chi connectivity index (χ2n) is 5.64. The fraction of sp³-hybridized carbons (Fsp3) is 0.263. The number of amides is 1. The topological polar surface area (TPSA) is 77.2 Å². The molecule has 1 aromatic carbocycles. The summed E-state index contributed by atoms with van der Waals surface area (Å²) < 4.78 is 19.0. The Kier molecular flexibility index (Phi) is 6.51. The third kappa shape index (κ3) is 5.31. The summed E-state index contributed by atoms with van der Waals surface area (Å²) in [5, 5.41) is 2.72. The molecule has 0 atom stereocenters. The van der Waals surface area contributed by atoms with E-state index in [0.717, 1.165) is 19.3 Å². The first-order valence-corrected chi connectivity index (χ1v) is 8.09. The number of nitrogens with one attached hydrogen (secondary N) is 1. The molecule has 0 aliphatic rings. The van der Waals surface area contributed by atoms with Gasteiger partial charge in [0, 0.05) is 17.3 Å². The standard InChI is InChI=1S/C19H22FN3O2/c1-3-4-5-6-10-25-15-9-7-8-14(12-15)22-19(24)16-11-13(2)17(20)23-18(16)21/h3,7-9,11-12H,1,4-6,10H2,2H3,(H2,21,23)(H,22,24). The van der Waals surface area contributed by atoms with E-state index < -0.39 is 11.9 Å². The van der Waals surface area contributed by atoms with Crippen LogP contribution in [0.1, 0.15) is 35.2 Å². The number of nitrogen functional groups attached to an aromatic ring is 1. The lowest BCUT2D eigenvalue weighted by atomic mass is 10.1. The summed E-state index contributed by atoms with van der Waals surface area (Å²) in [6.07, 6.45) is 4.80. The van der Waals surface area contributed by atoms with Crippen LogP contribution in [-0.4, -0.2) is 17.5 Å². The molecule has 0 aliphatic carbocycles. The van der Waals surface area contributed by atoms with Gasteiger partial charge in [0.15, 0.2) is 0 Å². The van der Waals surface area contributed by atoms with Gasteiger partial charge < -0.3 is 15.8 Å². The zero-order chi connectivity index (χ0) is 18.2. The van der Waals surface area contributed by atoms with Crippen molar-refractivity contribution in [2.45, 2.75) is 26.2 Å². The molecule has 0 unspecified atom stereocenters. The molecular weight excluding hydrogens is 321 g/mol. The number of anilines is 2. The van der Waals surface area contributed by atoms with Gasteiger partial charge in [-0.2, -0.15) is 4.39 Å². The summed E-state index contributed by atoms with van der Waals surface area (Å²) in [5.41, 5.74) is 6.60. The molecule has 0 saturated carbocycles. The van der Waals surface area contributed by atoms with E-state index in [2.05, 4.69) is 16.9 Å². The number of carbonyl (C=O) groups is 1. The molecule has 2 rings (SSSR count). The van der Waals surface area contributed by atoms with E-state index in [1.54, 1.807) is 18.2 Å². The second kappa shape index (κ2) is 8.82. The quantitative estimate of drug-likeness (QED) is 0.430. The van der Waals surface area contributed by atoms with Gasteiger partial charge in [0.2, 0.25) is 5.95 Å². The third-order valence-electron chi connectivity index (χ3n) is 3.59. The SMILES string of the molecule is C=CCCCCOc1cccc(NC(=O)c2cc(C)c(F)nc2N)c1. The van der Waals surface area contributed by atoms with Gasteiger partial charge in [-0.15, -0.1) is 6.58 Å². The molecular formula is C19H22FN3O2. The van der Waals surface area contributed by atoms with Crippen LogP contribution in [0.25, 0.3) is 0 Å². The van der Waals surface area contributed by atoms with Crippen LogP contribution < -0.4 is 15.8 Å². The van der Waals surface area contributed by atoms with Crippen LogP contribution in [0.4, 0.5) is 15.9 Å². The van der Waals surface area contributed by atoms with Gasteiger partial charge in [0.1, 0.15) is 11.6 Å². The number of halogens is 1. The van der Waals surface area contributed by atoms with Crippen molar-refractivity contribution in [3.8, 4) is 5.75 Å². The smallest absolute Gasteiger partial charge is 0.259 e. The van der Waals surface area contributed by atoms with E-state index in [4.69, 9.17) is 10.5 Å². The zero-order valence-corrected chi connectivity index (χ0v) is 14.2. The number of nitrogens with zero attached hydrogens (tertiary/aromatic N) is 1. The Bertz CT molecular complexity index is 762. The first-order chi connectivity index (χ1) is 12.0. The number of aromatic nitrogens is 1. The normalized spacial score (nSPS) is 10.3. The fourth-order valence-corrected chi connectivity index (χ4v) is 2.23. The van der Waals surface area contributed by atoms with Gasteiger partial charge in [0.05, 0.1) is 12.2 Å². The maximum Gasteiger partial charge on any atom is 0.259 e. The molecule has 0 aliphatic heterocycles. The van der Waals surface area contributed by atoms with E-state index in [0.29, 0.717) is 18.0 Å². The Morgan fingerprint density at radius 1 is 1.40 bits per heavy atom. The van der Waals surface area contributed by atoms with Crippen molar-refractivity contribution in [2.75, 3.05) is 17.7 Å². The van der Waals surface area contributed by atoms with Crippen molar-refractivity contribution in [2.24, 2.45) is 0 Å². The van der Waals surface area contributed by atoms with E-state index in [-0.39, 0.29) is 16.9 Å². The average molecular weight is 343 g/mol. The Balaban J connectivity index is 2.00. The maximum atomic E-state index is 13.4. The molecule has 0 radical (unpaired) electrons. The first kappa shape index (κ1) is 18.4. The molecule has 0 bridgehead atoms. The average Bonchev–Trinajstić information content (AvgIpc) is 2.58. The predicted octanol–water partition coefficient (Wildman–Crippen LogP) is 4.10. The van der Waals surface area contributed by atoms with E-state index in [1.165, 1.54) is 13.0 Å². The molecule has 0 spiro atoms. The first-order valence-electron chi connectivity index (χ1n) is 8.09. The molecule has 1 heterocycles. The summed E-state index contributed by atoms with van der Waals surface area (Å²) in [4.78, 5) is 15.9. The number of nitrogens with two attached hydrogens (primary N) is 1. The molecule has 6 heteroatoms. The van der Waals surface area contributed by atoms with Gasteiger partial charge in [-0.05, 0) is 44.4 Å². The highest BCUT2D eigenvalue weighted by Crippen LogP contribution is 2.20. The highest BCUT2D eigenvalue weighted by atomic mass is 19.1. The Labute approximate surface area is 146 Å². The van der Waals surface area contributed by atoms with Crippen molar-refractivity contribution in [3.05, 3.63) is 60.1 Å². The van der Waals surface area contributed by atoms with Crippen LogP contribution in [0, 0.1) is 12.9 Å². The number of unbranched alkanes of at least 4 members (excludes halogenated alkanes) is 2. The summed E-state index contributed by atoms with van der Waals surface area (Å²) >= 11 is 0. The minimum absolute atomic E-state index is 0.134. The summed E-state index contributed by atoms with van der Waals surface area (Å²) in [6, 6.07) is 8.45. The largest absolute Gasteiger partial charge is 0.494 e. The molecule has 0 fully saturated rings. The van der Waals surface area contributed by atoms with Gasteiger partial charge in [-0.1, -0.05) is 12.1 Å². The zero-order valence-electron chi connectivity index (χ0n) is 14.2. The number of allylic oxidation sites excluding steroid dienone is 1. The highest BCUT2D eigenvalue weighted by Gasteiger charge is 2.14. The number of hydrogen-bond acceptors (Lipinski definition) is 4. The van der Waals surface area contributed by atoms with Crippen LogP contribution in [0.3, 0.4) is 0 Å². The molecule has 3 N–H and O–H groups in total. The second-order valence-corrected chi connectivity index (χ2v) is 5.64. The van der Waals surface area contributed by atoms with Gasteiger partial charge in [-0.25, -0.2) is 4.98 Å². The van der Waals surface area contributed by atoms with Crippen molar-refractivity contribution in [1.29, 1.82) is 0 Å². The maximum absolute atomic E-state index is 13.4. The number of ether oxygens (including phenoxy) is 1. The molecule has 1 aromatic heterocycles. The van der Waals surface area contributed by atoms with Crippen LogP contribution in [0.5, 0.6) is 5.75 Å². The van der Waals surface area contributed by atoms with Crippen LogP contribution in [0.15, 0.2) is 43.0 Å². The number of aryl methyl sites for hydroxylation is 1. The lowest BCUT2D eigenvalue weighted by Gasteiger charge is -2.10. The lowest BCUT2D eigenvalue weighted by molar-refractivity contribution is 0.102. The monoisotopic (exact) mass is 343 g/mol. The Morgan fingerprint density at radius 2 is 2.20 bits per heavy atom. The fourth-order valence-electron chi connectivity index (χ4n) is 2.23. The van der Waals surface area contributed by atoms with Gasteiger partial charge in [-0.3, -0.25) is 4.79 Å². The predicted molar refractivity (Wildman–Crippen MR) is 97.3 cm³/mol. The van der Waals surface area contributed by atoms with Crippen molar-refractivity contribution >= 4 is 17.4 Å². The minimum atomic E-state index is -0.680. The van der Waals surface area contributed by atoms with E-state index in [1.807, 2.05) is 12.1 Å². The number of rotatable bonds is 8. The van der Waals surface area contributed by atoms with Crippen molar-refractivity contribution in [3.63, 3.8) is 0 Å². The van der Waals surface area contributed by atoms with Crippen molar-refractivity contribution < 1.29 is 13.9 Å². The molecule has 132 valence electrons. The summed E-state index contributed by atoms with van der Waals surface area (Å²) in [5.74, 6) is -0.606. The molecule has 25 heavy (non-hydrogen) atoms. The third-order valence-corrected chi connectivity index (χ3v) is 3.59. The van der Waals surface area contributed by atoms with Crippen LogP contribution in [0.2, 0.25) is 0 Å². The number of benzene rings is 1. The van der Waals surface area contributed by atoms with Gasteiger partial charge in [0.25, 0.3) is 5.91 Å². The van der Waals surface area contributed by atoms with Crippen LogP contribution >= 0.6 is 0 Å². The number of pyridine rings is 1. The molecule has 0 saturated heterocycles. The van der Waals surface area contributed by atoms with E-state index >= 15 is 0 Å². The van der Waals surface area contributed by atoms with Gasteiger partial charge >= 0.3 is 0 Å². The summed E-state index contributed by atoms with van der Waals surface area (Å²) in [6.45, 7) is 5.81. The molecule has 1 amide bonds. The summed E-state index contributed by atoms with van der Waals surface area (Å²) in [7, 11) is 0. The number of hydrogen-bond donors (Lipinski definition) is 2. The lowest BCUT2D eigenvalue weighted by Crippen LogP contribution is -2.16. The molecule has 2 aromatic rings. The molecule has 5 nitrogen and oxygen atoms in total. The highest BCUT2D eigenvalue weighted by molar-refractivity contribution is 6.07. The van der Waals surface area contributed by atoms with E-state index in [9.17, 15) is 9.18 Å². The van der Waals surface area contributed by atoms with Crippen molar-refractivity contribution in [1.82, 2.24) is 4.98 Å². The minimum Gasteiger partial charge on any atom is -0.494 e. The number of carbonyl (C=O) groups excluding carboxylic acids is 1. The Hall–Kier alpha value is -2.89.